The minimum absolute atomic E-state index is 0.00397. The zero-order valence-corrected chi connectivity index (χ0v) is 19.5. The Morgan fingerprint density at radius 2 is 1.65 bits per heavy atom. The van der Waals surface area contributed by atoms with E-state index in [1.807, 2.05) is 31.2 Å². The van der Waals surface area contributed by atoms with Crippen molar-refractivity contribution < 1.29 is 24.2 Å². The zero-order valence-electron chi connectivity index (χ0n) is 19.5. The predicted molar refractivity (Wildman–Crippen MR) is 128 cm³/mol. The lowest BCUT2D eigenvalue weighted by Crippen LogP contribution is -2.36. The Morgan fingerprint density at radius 1 is 1.00 bits per heavy atom. The van der Waals surface area contributed by atoms with E-state index < -0.39 is 12.1 Å². The Hall–Kier alpha value is -3.35. The first-order valence-corrected chi connectivity index (χ1v) is 12.0. The second-order valence-electron chi connectivity index (χ2n) is 9.46. The molecule has 0 heterocycles. The van der Waals surface area contributed by atoms with Gasteiger partial charge in [-0.25, -0.2) is 4.79 Å². The molecule has 2 aromatic carbocycles. The maximum atomic E-state index is 12.3. The molecule has 1 unspecified atom stereocenters. The summed E-state index contributed by atoms with van der Waals surface area (Å²) in [5.74, 6) is -1.34. The molecule has 3 N–H and O–H groups in total. The Bertz CT molecular complexity index is 1010. The third-order valence-corrected chi connectivity index (χ3v) is 7.01. The third-order valence-electron chi connectivity index (χ3n) is 7.01. The van der Waals surface area contributed by atoms with Crippen molar-refractivity contribution in [2.45, 2.75) is 38.5 Å². The molecule has 0 spiro atoms. The number of carbonyl (C=O) groups is 3. The average Bonchev–Trinajstić information content (AvgIpc) is 3.43. The van der Waals surface area contributed by atoms with Gasteiger partial charge >= 0.3 is 12.1 Å². The van der Waals surface area contributed by atoms with Crippen LogP contribution in [0.15, 0.2) is 48.5 Å². The van der Waals surface area contributed by atoms with Crippen molar-refractivity contribution in [3.05, 3.63) is 59.7 Å². The molecular formula is C27H32N2O5. The molecule has 1 fully saturated rings. The van der Waals surface area contributed by atoms with E-state index in [0.29, 0.717) is 19.5 Å². The second kappa shape index (κ2) is 10.7. The number of carboxylic acid groups (broad SMARTS) is 1. The van der Waals surface area contributed by atoms with Crippen LogP contribution in [0.2, 0.25) is 0 Å². The highest BCUT2D eigenvalue weighted by atomic mass is 16.5. The van der Waals surface area contributed by atoms with E-state index in [1.165, 1.54) is 11.1 Å². The summed E-state index contributed by atoms with van der Waals surface area (Å²) in [6, 6.07) is 16.4. The molecule has 7 nitrogen and oxygen atoms in total. The lowest BCUT2D eigenvalue weighted by atomic mass is 9.96. The molecule has 0 saturated heterocycles. The highest BCUT2D eigenvalue weighted by Gasteiger charge is 2.33. The first-order chi connectivity index (χ1) is 16.4. The number of carbonyl (C=O) groups excluding carboxylic acids is 2. The molecule has 0 radical (unpaired) electrons. The van der Waals surface area contributed by atoms with Crippen LogP contribution in [0.25, 0.3) is 11.1 Å². The fourth-order valence-corrected chi connectivity index (χ4v) is 5.22. The van der Waals surface area contributed by atoms with Crippen LogP contribution in [-0.2, 0) is 14.3 Å². The summed E-state index contributed by atoms with van der Waals surface area (Å²) in [4.78, 5) is 35.9. The van der Waals surface area contributed by atoms with Crippen molar-refractivity contribution in [1.82, 2.24) is 10.6 Å². The first-order valence-electron chi connectivity index (χ1n) is 12.0. The van der Waals surface area contributed by atoms with Gasteiger partial charge in [0.05, 0.1) is 5.92 Å². The monoisotopic (exact) mass is 464 g/mol. The van der Waals surface area contributed by atoms with Gasteiger partial charge in [-0.05, 0) is 46.9 Å². The molecule has 0 aromatic heterocycles. The SMILES string of the molecule is CC(CNC(=O)OCC1c2ccccc2-c2ccccc21)CC(=O)NC[C@H]1CCC[C@H]1C(=O)O. The molecule has 3 atom stereocenters. The summed E-state index contributed by atoms with van der Waals surface area (Å²) < 4.78 is 5.54. The quantitative estimate of drug-likeness (QED) is 0.517. The van der Waals surface area contributed by atoms with E-state index in [9.17, 15) is 19.5 Å². The van der Waals surface area contributed by atoms with Crippen molar-refractivity contribution in [1.29, 1.82) is 0 Å². The number of carboxylic acids is 1. The van der Waals surface area contributed by atoms with Crippen LogP contribution in [0.3, 0.4) is 0 Å². The normalized spacial score (nSPS) is 19.7. The molecule has 0 bridgehead atoms. The maximum absolute atomic E-state index is 12.3. The molecule has 2 aliphatic rings. The molecule has 2 aromatic rings. The number of hydrogen-bond donors (Lipinski definition) is 3. The lowest BCUT2D eigenvalue weighted by molar-refractivity contribution is -0.143. The number of ether oxygens (including phenoxy) is 1. The van der Waals surface area contributed by atoms with Gasteiger partial charge in [-0.2, -0.15) is 0 Å². The van der Waals surface area contributed by atoms with Gasteiger partial charge < -0.3 is 20.5 Å². The summed E-state index contributed by atoms with van der Waals surface area (Å²) in [5, 5.41) is 14.9. The molecule has 34 heavy (non-hydrogen) atoms. The van der Waals surface area contributed by atoms with Crippen molar-refractivity contribution in [2.75, 3.05) is 19.7 Å². The van der Waals surface area contributed by atoms with Crippen LogP contribution in [0, 0.1) is 17.8 Å². The Kier molecular flexibility index (Phi) is 7.50. The first kappa shape index (κ1) is 23.8. The van der Waals surface area contributed by atoms with Gasteiger partial charge in [-0.3, -0.25) is 9.59 Å². The molecule has 7 heteroatoms. The number of rotatable bonds is 9. The van der Waals surface area contributed by atoms with Gasteiger partial charge in [0, 0.05) is 25.4 Å². The van der Waals surface area contributed by atoms with Crippen molar-refractivity contribution in [3.63, 3.8) is 0 Å². The molecular weight excluding hydrogens is 432 g/mol. The summed E-state index contributed by atoms with van der Waals surface area (Å²) in [5.41, 5.74) is 4.68. The van der Waals surface area contributed by atoms with E-state index in [-0.39, 0.29) is 42.6 Å². The summed E-state index contributed by atoms with van der Waals surface area (Å²) in [6.07, 6.45) is 2.16. The highest BCUT2D eigenvalue weighted by molar-refractivity contribution is 5.79. The topological polar surface area (TPSA) is 105 Å². The van der Waals surface area contributed by atoms with E-state index in [2.05, 4.69) is 34.9 Å². The fraction of sp³-hybridized carbons (Fsp3) is 0.444. The summed E-state index contributed by atoms with van der Waals surface area (Å²) in [6.45, 7) is 2.85. The number of amides is 2. The third kappa shape index (κ3) is 5.41. The van der Waals surface area contributed by atoms with Crippen LogP contribution in [-0.4, -0.2) is 42.8 Å². The van der Waals surface area contributed by atoms with Gasteiger partial charge in [0.2, 0.25) is 5.91 Å². The minimum Gasteiger partial charge on any atom is -0.481 e. The van der Waals surface area contributed by atoms with Crippen LogP contribution >= 0.6 is 0 Å². The van der Waals surface area contributed by atoms with Crippen molar-refractivity contribution in [2.24, 2.45) is 17.8 Å². The molecule has 1 saturated carbocycles. The van der Waals surface area contributed by atoms with E-state index in [4.69, 9.17) is 4.74 Å². The Morgan fingerprint density at radius 3 is 2.29 bits per heavy atom. The predicted octanol–water partition coefficient (Wildman–Crippen LogP) is 4.17. The van der Waals surface area contributed by atoms with Gasteiger partial charge in [-0.15, -0.1) is 0 Å². The number of alkyl carbamates (subject to hydrolysis) is 1. The van der Waals surface area contributed by atoms with Gasteiger partial charge in [-0.1, -0.05) is 61.9 Å². The average molecular weight is 465 g/mol. The van der Waals surface area contributed by atoms with Crippen LogP contribution in [0.1, 0.15) is 49.7 Å². The molecule has 180 valence electrons. The standard InChI is InChI=1S/C27H32N2O5/c1-17(13-25(30)28-15-18-7-6-12-19(18)26(31)32)14-29-27(33)34-16-24-22-10-4-2-8-20(22)21-9-3-5-11-23(21)24/h2-5,8-11,17-19,24H,6-7,12-16H2,1H3,(H,28,30)(H,29,33)(H,31,32)/t17?,18-,19-/m1/s1. The van der Waals surface area contributed by atoms with Gasteiger partial charge in [0.25, 0.3) is 0 Å². The number of benzene rings is 2. The lowest BCUT2D eigenvalue weighted by Gasteiger charge is -2.18. The fourth-order valence-electron chi connectivity index (χ4n) is 5.22. The second-order valence-corrected chi connectivity index (χ2v) is 9.46. The van der Waals surface area contributed by atoms with Gasteiger partial charge in [0.15, 0.2) is 0 Å². The summed E-state index contributed by atoms with van der Waals surface area (Å²) in [7, 11) is 0. The number of hydrogen-bond acceptors (Lipinski definition) is 4. The van der Waals surface area contributed by atoms with Crippen molar-refractivity contribution >= 4 is 18.0 Å². The maximum Gasteiger partial charge on any atom is 0.407 e. The zero-order chi connectivity index (χ0) is 24.1. The van der Waals surface area contributed by atoms with Crippen LogP contribution in [0.5, 0.6) is 0 Å². The van der Waals surface area contributed by atoms with Gasteiger partial charge in [0.1, 0.15) is 6.61 Å². The molecule has 4 rings (SSSR count). The largest absolute Gasteiger partial charge is 0.481 e. The van der Waals surface area contributed by atoms with E-state index in [1.54, 1.807) is 0 Å². The van der Waals surface area contributed by atoms with E-state index in [0.717, 1.165) is 24.0 Å². The Labute approximate surface area is 199 Å². The summed E-state index contributed by atoms with van der Waals surface area (Å²) >= 11 is 0. The molecule has 2 aliphatic carbocycles. The number of fused-ring (bicyclic) bond motifs is 3. The van der Waals surface area contributed by atoms with Crippen LogP contribution < -0.4 is 10.6 Å². The highest BCUT2D eigenvalue weighted by Crippen LogP contribution is 2.44. The van der Waals surface area contributed by atoms with Crippen LogP contribution in [0.4, 0.5) is 4.79 Å². The van der Waals surface area contributed by atoms with Crippen molar-refractivity contribution in [3.8, 4) is 11.1 Å². The Balaban J connectivity index is 1.19. The minimum atomic E-state index is -0.780. The number of aliphatic carboxylic acids is 1. The molecule has 2 amide bonds. The molecule has 0 aliphatic heterocycles. The number of nitrogens with one attached hydrogen (secondary N) is 2. The van der Waals surface area contributed by atoms with E-state index >= 15 is 0 Å². The smallest absolute Gasteiger partial charge is 0.407 e.